The molecule has 2 aromatic rings. The maximum atomic E-state index is 13.1. The van der Waals surface area contributed by atoms with Gasteiger partial charge < -0.3 is 10.5 Å². The van der Waals surface area contributed by atoms with E-state index in [1.165, 1.54) is 6.07 Å². The van der Waals surface area contributed by atoms with Crippen molar-refractivity contribution in [3.63, 3.8) is 0 Å². The highest BCUT2D eigenvalue weighted by Crippen LogP contribution is 2.24. The summed E-state index contributed by atoms with van der Waals surface area (Å²) in [6.45, 7) is 0.300. The van der Waals surface area contributed by atoms with Crippen molar-refractivity contribution in [2.45, 2.75) is 6.61 Å². The molecule has 0 saturated carbocycles. The highest BCUT2D eigenvalue weighted by molar-refractivity contribution is 6.30. The Morgan fingerprint density at radius 2 is 1.94 bits per heavy atom. The Balaban J connectivity index is 2.10. The van der Waals surface area contributed by atoms with Crippen molar-refractivity contribution in [1.29, 1.82) is 0 Å². The fraction of sp³-hybridized carbons (Fsp3) is 0.0769. The minimum Gasteiger partial charge on any atom is -0.487 e. The molecule has 0 aliphatic rings. The average molecular weight is 252 g/mol. The lowest BCUT2D eigenvalue weighted by Crippen LogP contribution is -2.00. The zero-order valence-electron chi connectivity index (χ0n) is 8.99. The third-order valence-corrected chi connectivity index (χ3v) is 2.53. The number of hydrogen-bond acceptors (Lipinski definition) is 2. The summed E-state index contributed by atoms with van der Waals surface area (Å²) in [4.78, 5) is 0. The van der Waals surface area contributed by atoms with E-state index in [1.54, 1.807) is 24.3 Å². The van der Waals surface area contributed by atoms with Gasteiger partial charge in [-0.25, -0.2) is 4.39 Å². The summed E-state index contributed by atoms with van der Waals surface area (Å²) < 4.78 is 18.6. The molecule has 0 saturated heterocycles. The van der Waals surface area contributed by atoms with Crippen LogP contribution in [0, 0.1) is 5.82 Å². The molecule has 0 aromatic heterocycles. The number of para-hydroxylation sites is 1. The second kappa shape index (κ2) is 5.06. The Morgan fingerprint density at radius 1 is 1.18 bits per heavy atom. The minimum absolute atomic E-state index is 0.0227. The lowest BCUT2D eigenvalue weighted by atomic mass is 10.2. The second-order valence-electron chi connectivity index (χ2n) is 3.57. The van der Waals surface area contributed by atoms with Crippen molar-refractivity contribution in [1.82, 2.24) is 0 Å². The maximum Gasteiger partial charge on any atom is 0.149 e. The van der Waals surface area contributed by atoms with Gasteiger partial charge in [-0.2, -0.15) is 0 Å². The molecular formula is C13H11ClFNO. The topological polar surface area (TPSA) is 35.2 Å². The van der Waals surface area contributed by atoms with Crippen LogP contribution in [0.5, 0.6) is 5.75 Å². The molecule has 0 unspecified atom stereocenters. The Labute approximate surface area is 104 Å². The summed E-state index contributed by atoms with van der Waals surface area (Å²) >= 11 is 5.84. The van der Waals surface area contributed by atoms with Crippen molar-refractivity contribution < 1.29 is 9.13 Å². The predicted molar refractivity (Wildman–Crippen MR) is 66.6 cm³/mol. The number of halogens is 2. The Kier molecular flexibility index (Phi) is 3.49. The van der Waals surface area contributed by atoms with Crippen LogP contribution in [0.2, 0.25) is 5.02 Å². The van der Waals surface area contributed by atoms with Gasteiger partial charge in [0, 0.05) is 5.02 Å². The first kappa shape index (κ1) is 11.7. The molecule has 0 heterocycles. The number of nitrogen functional groups attached to an aromatic ring is 1. The molecule has 2 N–H and O–H groups in total. The molecule has 0 fully saturated rings. The molecule has 0 spiro atoms. The van der Waals surface area contributed by atoms with E-state index in [4.69, 9.17) is 22.1 Å². The molecule has 2 nitrogen and oxygen atoms in total. The number of anilines is 1. The molecule has 0 amide bonds. The van der Waals surface area contributed by atoms with Crippen LogP contribution in [-0.4, -0.2) is 0 Å². The van der Waals surface area contributed by atoms with Gasteiger partial charge in [0.2, 0.25) is 0 Å². The van der Waals surface area contributed by atoms with Crippen LogP contribution < -0.4 is 10.5 Å². The van der Waals surface area contributed by atoms with E-state index in [9.17, 15) is 4.39 Å². The van der Waals surface area contributed by atoms with Gasteiger partial charge in [0.15, 0.2) is 0 Å². The Morgan fingerprint density at radius 3 is 2.71 bits per heavy atom. The molecule has 0 atom stereocenters. The van der Waals surface area contributed by atoms with Gasteiger partial charge >= 0.3 is 0 Å². The van der Waals surface area contributed by atoms with Gasteiger partial charge in [-0.15, -0.1) is 0 Å². The standard InChI is InChI=1S/C13H11ClFNO/c14-10-4-1-3-9(7-10)8-17-12-6-2-5-11(15)13(12)16/h1-7H,8,16H2. The molecule has 0 aliphatic heterocycles. The van der Waals surface area contributed by atoms with Gasteiger partial charge in [0.05, 0.1) is 0 Å². The number of benzene rings is 2. The first-order chi connectivity index (χ1) is 8.16. The van der Waals surface area contributed by atoms with Crippen LogP contribution in [0.1, 0.15) is 5.56 Å². The minimum atomic E-state index is -0.478. The molecule has 17 heavy (non-hydrogen) atoms. The van der Waals surface area contributed by atoms with Crippen molar-refractivity contribution in [2.75, 3.05) is 5.73 Å². The highest BCUT2D eigenvalue weighted by Gasteiger charge is 2.05. The quantitative estimate of drug-likeness (QED) is 0.846. The van der Waals surface area contributed by atoms with Crippen LogP contribution in [-0.2, 0) is 6.61 Å². The molecule has 0 radical (unpaired) electrons. The number of nitrogens with two attached hydrogens (primary N) is 1. The fourth-order valence-electron chi connectivity index (χ4n) is 1.43. The van der Waals surface area contributed by atoms with Crippen LogP contribution in [0.15, 0.2) is 42.5 Å². The third-order valence-electron chi connectivity index (χ3n) is 2.30. The Hall–Kier alpha value is -1.74. The molecule has 2 rings (SSSR count). The summed E-state index contributed by atoms with van der Waals surface area (Å²) in [5.74, 6) is -0.140. The third kappa shape index (κ3) is 2.88. The zero-order valence-corrected chi connectivity index (χ0v) is 9.75. The molecule has 4 heteroatoms. The number of ether oxygens (including phenoxy) is 1. The Bertz CT molecular complexity index is 531. The fourth-order valence-corrected chi connectivity index (χ4v) is 1.64. The van der Waals surface area contributed by atoms with Crippen LogP contribution in [0.3, 0.4) is 0 Å². The summed E-state index contributed by atoms with van der Waals surface area (Å²) in [7, 11) is 0. The van der Waals surface area contributed by atoms with E-state index in [2.05, 4.69) is 0 Å². The van der Waals surface area contributed by atoms with Crippen molar-refractivity contribution in [3.8, 4) is 5.75 Å². The smallest absolute Gasteiger partial charge is 0.149 e. The van der Waals surface area contributed by atoms with Gasteiger partial charge in [-0.05, 0) is 29.8 Å². The lowest BCUT2D eigenvalue weighted by Gasteiger charge is -2.09. The van der Waals surface area contributed by atoms with E-state index in [0.717, 1.165) is 5.56 Å². The molecule has 2 aromatic carbocycles. The van der Waals surface area contributed by atoms with Gasteiger partial charge in [0.25, 0.3) is 0 Å². The van der Waals surface area contributed by atoms with E-state index in [-0.39, 0.29) is 5.69 Å². The van der Waals surface area contributed by atoms with Gasteiger partial charge in [-0.3, -0.25) is 0 Å². The maximum absolute atomic E-state index is 13.1. The highest BCUT2D eigenvalue weighted by atomic mass is 35.5. The number of rotatable bonds is 3. The normalized spacial score (nSPS) is 10.2. The zero-order chi connectivity index (χ0) is 12.3. The number of hydrogen-bond donors (Lipinski definition) is 1. The summed E-state index contributed by atoms with van der Waals surface area (Å²) in [5.41, 5.74) is 6.48. The SMILES string of the molecule is Nc1c(F)cccc1OCc1cccc(Cl)c1. The average Bonchev–Trinajstić information content (AvgIpc) is 2.31. The first-order valence-electron chi connectivity index (χ1n) is 5.08. The summed E-state index contributed by atoms with van der Waals surface area (Å²) in [6.07, 6.45) is 0. The van der Waals surface area contributed by atoms with Crippen LogP contribution in [0.25, 0.3) is 0 Å². The summed E-state index contributed by atoms with van der Waals surface area (Å²) in [6, 6.07) is 11.7. The van der Waals surface area contributed by atoms with Gasteiger partial charge in [-0.1, -0.05) is 29.8 Å². The molecule has 88 valence electrons. The lowest BCUT2D eigenvalue weighted by molar-refractivity contribution is 0.306. The summed E-state index contributed by atoms with van der Waals surface area (Å²) in [5, 5.41) is 0.637. The molecular weight excluding hydrogens is 241 g/mol. The predicted octanol–water partition coefficient (Wildman–Crippen LogP) is 3.64. The monoisotopic (exact) mass is 251 g/mol. The second-order valence-corrected chi connectivity index (χ2v) is 4.01. The largest absolute Gasteiger partial charge is 0.487 e. The molecule has 0 aliphatic carbocycles. The first-order valence-corrected chi connectivity index (χ1v) is 5.46. The van der Waals surface area contributed by atoms with Gasteiger partial charge in [0.1, 0.15) is 23.9 Å². The van der Waals surface area contributed by atoms with Crippen molar-refractivity contribution in [3.05, 3.63) is 58.9 Å². The van der Waals surface area contributed by atoms with E-state index in [1.807, 2.05) is 12.1 Å². The molecule has 0 bridgehead atoms. The van der Waals surface area contributed by atoms with Crippen molar-refractivity contribution in [2.24, 2.45) is 0 Å². The van der Waals surface area contributed by atoms with Crippen molar-refractivity contribution >= 4 is 17.3 Å². The van der Waals surface area contributed by atoms with Crippen LogP contribution in [0.4, 0.5) is 10.1 Å². The van der Waals surface area contributed by atoms with E-state index in [0.29, 0.717) is 17.4 Å². The van der Waals surface area contributed by atoms with E-state index < -0.39 is 5.82 Å². The van der Waals surface area contributed by atoms with E-state index >= 15 is 0 Å². The van der Waals surface area contributed by atoms with Crippen LogP contribution >= 0.6 is 11.6 Å².